The number of hydrogen-bond donors (Lipinski definition) is 0. The lowest BCUT2D eigenvalue weighted by Gasteiger charge is -2.27. The summed E-state index contributed by atoms with van der Waals surface area (Å²) >= 11 is 4.84. The molecule has 1 fully saturated rings. The topological polar surface area (TPSA) is 50.3 Å². The summed E-state index contributed by atoms with van der Waals surface area (Å²) in [6.45, 7) is 1.11. The Morgan fingerprint density at radius 1 is 1.17 bits per heavy atom. The van der Waals surface area contributed by atoms with Gasteiger partial charge in [-0.25, -0.2) is 4.98 Å². The van der Waals surface area contributed by atoms with Gasteiger partial charge < -0.3 is 4.90 Å². The number of pyridine rings is 1. The van der Waals surface area contributed by atoms with E-state index in [9.17, 15) is 9.00 Å². The maximum atomic E-state index is 12.8. The second-order valence-electron chi connectivity index (χ2n) is 5.05. The molecule has 4 nitrogen and oxygen atoms in total. The highest BCUT2D eigenvalue weighted by Crippen LogP contribution is 2.30. The molecule has 2 heterocycles. The zero-order valence-electron chi connectivity index (χ0n) is 12.3. The third-order valence-corrected chi connectivity index (χ3v) is 6.27. The zero-order chi connectivity index (χ0) is 16.2. The number of hydrogen-bond acceptors (Lipinski definition) is 4. The fraction of sp³-hybridized carbons (Fsp3) is 0.250. The summed E-state index contributed by atoms with van der Waals surface area (Å²) < 4.78 is 12.4. The second kappa shape index (κ2) is 7.59. The molecule has 0 unspecified atom stereocenters. The lowest BCUT2D eigenvalue weighted by atomic mass is 10.2. The molecule has 1 aliphatic heterocycles. The Morgan fingerprint density at radius 2 is 1.91 bits per heavy atom. The van der Waals surface area contributed by atoms with Crippen LogP contribution in [0.5, 0.6) is 0 Å². The Kier molecular flexibility index (Phi) is 5.50. The number of nitrogens with zero attached hydrogens (tertiary/aromatic N) is 2. The van der Waals surface area contributed by atoms with Crippen molar-refractivity contribution in [2.45, 2.75) is 9.92 Å². The normalized spacial score (nSPS) is 15.6. The fourth-order valence-electron chi connectivity index (χ4n) is 2.28. The first-order chi connectivity index (χ1) is 11.1. The second-order valence-corrected chi connectivity index (χ2v) is 8.73. The van der Waals surface area contributed by atoms with Crippen LogP contribution in [-0.4, -0.2) is 44.6 Å². The molecule has 0 bridgehead atoms. The van der Waals surface area contributed by atoms with Gasteiger partial charge in [-0.1, -0.05) is 23.9 Å². The van der Waals surface area contributed by atoms with Crippen molar-refractivity contribution in [3.8, 4) is 0 Å². The first-order valence-corrected chi connectivity index (χ1v) is 10.3. The summed E-state index contributed by atoms with van der Waals surface area (Å²) in [5.41, 5.74) is 0.676. The van der Waals surface area contributed by atoms with E-state index in [1.165, 1.54) is 11.8 Å². The van der Waals surface area contributed by atoms with E-state index in [1.54, 1.807) is 11.1 Å². The van der Waals surface area contributed by atoms with Gasteiger partial charge in [0, 0.05) is 51.0 Å². The van der Waals surface area contributed by atoms with Crippen molar-refractivity contribution in [1.29, 1.82) is 0 Å². The summed E-state index contributed by atoms with van der Waals surface area (Å²) in [6, 6.07) is 11.4. The SMILES string of the molecule is O=C(c1ccccc1Sc1ccc(Br)cn1)N1CCS(=O)CC1. The van der Waals surface area contributed by atoms with Gasteiger partial charge in [0.15, 0.2) is 0 Å². The minimum absolute atomic E-state index is 0.00177. The quantitative estimate of drug-likeness (QED) is 0.779. The number of halogens is 1. The molecular weight excluding hydrogens is 396 g/mol. The van der Waals surface area contributed by atoms with E-state index >= 15 is 0 Å². The smallest absolute Gasteiger partial charge is 0.255 e. The standard InChI is InChI=1S/C16H15BrN2O2S2/c17-12-5-6-15(18-11-12)22-14-4-2-1-3-13(14)16(20)19-7-9-23(21)10-8-19/h1-6,11H,7-10H2. The van der Waals surface area contributed by atoms with E-state index in [0.29, 0.717) is 30.2 Å². The number of benzene rings is 1. The number of rotatable bonds is 3. The highest BCUT2D eigenvalue weighted by atomic mass is 79.9. The molecule has 1 amide bonds. The van der Waals surface area contributed by atoms with Crippen molar-refractivity contribution in [3.05, 3.63) is 52.6 Å². The molecule has 2 aromatic rings. The molecule has 23 heavy (non-hydrogen) atoms. The molecule has 1 saturated heterocycles. The lowest BCUT2D eigenvalue weighted by molar-refractivity contribution is 0.0768. The molecule has 120 valence electrons. The van der Waals surface area contributed by atoms with Crippen LogP contribution in [0, 0.1) is 0 Å². The Bertz CT molecular complexity index is 727. The third kappa shape index (κ3) is 4.22. The molecule has 0 aliphatic carbocycles. The van der Waals surface area contributed by atoms with E-state index in [-0.39, 0.29) is 5.91 Å². The van der Waals surface area contributed by atoms with Gasteiger partial charge in [-0.2, -0.15) is 0 Å². The van der Waals surface area contributed by atoms with Crippen LogP contribution < -0.4 is 0 Å². The van der Waals surface area contributed by atoms with Gasteiger partial charge in [-0.05, 0) is 40.2 Å². The maximum Gasteiger partial charge on any atom is 0.255 e. The van der Waals surface area contributed by atoms with Crippen molar-refractivity contribution < 1.29 is 9.00 Å². The number of amides is 1. The van der Waals surface area contributed by atoms with Crippen LogP contribution in [0.15, 0.2) is 57.0 Å². The van der Waals surface area contributed by atoms with Gasteiger partial charge in [0.05, 0.1) is 5.56 Å². The van der Waals surface area contributed by atoms with Crippen LogP contribution in [0.4, 0.5) is 0 Å². The van der Waals surface area contributed by atoms with Gasteiger partial charge >= 0.3 is 0 Å². The van der Waals surface area contributed by atoms with Crippen molar-refractivity contribution >= 4 is 44.4 Å². The molecule has 1 aliphatic rings. The summed E-state index contributed by atoms with van der Waals surface area (Å²) in [6.07, 6.45) is 1.74. The van der Waals surface area contributed by atoms with Crippen LogP contribution in [0.1, 0.15) is 10.4 Å². The van der Waals surface area contributed by atoms with Crippen molar-refractivity contribution in [2.24, 2.45) is 0 Å². The molecule has 1 aromatic carbocycles. The van der Waals surface area contributed by atoms with E-state index in [1.807, 2.05) is 36.4 Å². The number of aromatic nitrogens is 1. The minimum atomic E-state index is -0.786. The highest BCUT2D eigenvalue weighted by molar-refractivity contribution is 9.10. The molecule has 0 N–H and O–H groups in total. The average molecular weight is 411 g/mol. The predicted octanol–water partition coefficient (Wildman–Crippen LogP) is 3.20. The predicted molar refractivity (Wildman–Crippen MR) is 96.3 cm³/mol. The van der Waals surface area contributed by atoms with Gasteiger partial charge in [-0.3, -0.25) is 9.00 Å². The van der Waals surface area contributed by atoms with Crippen molar-refractivity contribution in [2.75, 3.05) is 24.6 Å². The maximum absolute atomic E-state index is 12.8. The minimum Gasteiger partial charge on any atom is -0.337 e. The van der Waals surface area contributed by atoms with Gasteiger partial charge in [-0.15, -0.1) is 0 Å². The monoisotopic (exact) mass is 410 g/mol. The Balaban J connectivity index is 1.81. The van der Waals surface area contributed by atoms with E-state index < -0.39 is 10.8 Å². The first kappa shape index (κ1) is 16.7. The average Bonchev–Trinajstić information content (AvgIpc) is 2.57. The van der Waals surface area contributed by atoms with Crippen LogP contribution in [0.3, 0.4) is 0 Å². The van der Waals surface area contributed by atoms with E-state index in [4.69, 9.17) is 0 Å². The Morgan fingerprint density at radius 3 is 2.61 bits per heavy atom. The summed E-state index contributed by atoms with van der Waals surface area (Å²) in [5, 5.41) is 0.841. The van der Waals surface area contributed by atoms with Crippen molar-refractivity contribution in [3.63, 3.8) is 0 Å². The molecule has 0 saturated carbocycles. The first-order valence-electron chi connectivity index (χ1n) is 7.16. The van der Waals surface area contributed by atoms with Gasteiger partial charge in [0.25, 0.3) is 5.91 Å². The molecular formula is C16H15BrN2O2S2. The molecule has 7 heteroatoms. The molecule has 0 radical (unpaired) electrons. The molecule has 0 atom stereocenters. The molecule has 3 rings (SSSR count). The van der Waals surface area contributed by atoms with E-state index in [0.717, 1.165) is 14.4 Å². The largest absolute Gasteiger partial charge is 0.337 e. The van der Waals surface area contributed by atoms with Crippen LogP contribution >= 0.6 is 27.7 Å². The highest BCUT2D eigenvalue weighted by Gasteiger charge is 2.23. The zero-order valence-corrected chi connectivity index (χ0v) is 15.5. The summed E-state index contributed by atoms with van der Waals surface area (Å²) in [7, 11) is -0.786. The van der Waals surface area contributed by atoms with Gasteiger partial charge in [0.2, 0.25) is 0 Å². The lowest BCUT2D eigenvalue weighted by Crippen LogP contribution is -2.41. The van der Waals surface area contributed by atoms with E-state index in [2.05, 4.69) is 20.9 Å². The Labute approximate surface area is 150 Å². The summed E-state index contributed by atoms with van der Waals surface area (Å²) in [4.78, 5) is 19.8. The van der Waals surface area contributed by atoms with Gasteiger partial charge in [0.1, 0.15) is 5.03 Å². The molecule has 0 spiro atoms. The fourth-order valence-corrected chi connectivity index (χ4v) is 4.44. The Hall–Kier alpha value is -1.18. The molecule has 1 aromatic heterocycles. The van der Waals surface area contributed by atoms with Crippen LogP contribution in [0.2, 0.25) is 0 Å². The number of carbonyl (C=O) groups excluding carboxylic acids is 1. The van der Waals surface area contributed by atoms with Crippen LogP contribution in [-0.2, 0) is 10.8 Å². The van der Waals surface area contributed by atoms with Crippen LogP contribution in [0.25, 0.3) is 0 Å². The summed E-state index contributed by atoms with van der Waals surface area (Å²) in [5.74, 6) is 1.13. The third-order valence-electron chi connectivity index (χ3n) is 3.50. The van der Waals surface area contributed by atoms with Crippen molar-refractivity contribution in [1.82, 2.24) is 9.88 Å². The number of carbonyl (C=O) groups is 1.